The Morgan fingerprint density at radius 1 is 1.09 bits per heavy atom. The maximum Gasteiger partial charge on any atom is 0.188 e. The summed E-state index contributed by atoms with van der Waals surface area (Å²) in [6.45, 7) is -0.499. The largest absolute Gasteiger partial charge is 0.388 e. The van der Waals surface area contributed by atoms with E-state index >= 15 is 0 Å². The molecule has 2 N–H and O–H groups in total. The predicted octanol–water partition coefficient (Wildman–Crippen LogP) is 2.95. The second kappa shape index (κ2) is 5.30. The van der Waals surface area contributed by atoms with Crippen LogP contribution in [0, 0.1) is 0 Å². The molecule has 5 heteroatoms. The third-order valence-corrected chi connectivity index (χ3v) is 3.85. The van der Waals surface area contributed by atoms with Gasteiger partial charge in [0.25, 0.3) is 0 Å². The lowest BCUT2D eigenvalue weighted by Crippen LogP contribution is -2.03. The molecule has 0 aliphatic rings. The second-order valence-corrected chi connectivity index (χ2v) is 5.27. The van der Waals surface area contributed by atoms with Crippen molar-refractivity contribution in [3.8, 4) is 11.4 Å². The van der Waals surface area contributed by atoms with Gasteiger partial charge in [-0.05, 0) is 30.3 Å². The Bertz CT molecular complexity index is 1030. The molecule has 0 aliphatic carbocycles. The monoisotopic (exact) mass is 303 g/mol. The highest BCUT2D eigenvalue weighted by Gasteiger charge is 2.11. The number of fused-ring (bicyclic) bond motifs is 2. The molecule has 0 radical (unpaired) electrons. The van der Waals surface area contributed by atoms with Crippen LogP contribution in [0.5, 0.6) is 0 Å². The second-order valence-electron chi connectivity index (χ2n) is 5.27. The number of Topliss-reactive ketones (excluding diaryl/α,β-unsaturated/α-hetero) is 1. The fraction of sp³-hybridized carbons (Fsp3) is 0.0556. The SMILES string of the molecule is O=C(CO)c1ccc2nc(-c3ccnc4ccccc34)[nH]c2c1. The van der Waals surface area contributed by atoms with Crippen molar-refractivity contribution in [1.82, 2.24) is 15.0 Å². The molecule has 2 aromatic carbocycles. The minimum absolute atomic E-state index is 0.308. The minimum atomic E-state index is -0.499. The molecule has 0 saturated carbocycles. The van der Waals surface area contributed by atoms with Gasteiger partial charge in [-0.3, -0.25) is 9.78 Å². The standard InChI is InChI=1S/C18H13N3O2/c22-10-17(23)11-5-6-15-16(9-11)21-18(20-15)13-7-8-19-14-4-2-1-3-12(13)14/h1-9,22H,10H2,(H,20,21). The first-order valence-corrected chi connectivity index (χ1v) is 7.24. The van der Waals surface area contributed by atoms with Gasteiger partial charge < -0.3 is 10.1 Å². The number of nitrogens with zero attached hydrogens (tertiary/aromatic N) is 2. The number of H-pyrrole nitrogens is 1. The number of aromatic nitrogens is 3. The first-order valence-electron chi connectivity index (χ1n) is 7.24. The molecule has 0 fully saturated rings. The first kappa shape index (κ1) is 13.6. The van der Waals surface area contributed by atoms with Crippen LogP contribution in [0.3, 0.4) is 0 Å². The van der Waals surface area contributed by atoms with Crippen LogP contribution in [-0.2, 0) is 0 Å². The number of para-hydroxylation sites is 1. The van der Waals surface area contributed by atoms with Gasteiger partial charge in [-0.1, -0.05) is 18.2 Å². The first-order chi connectivity index (χ1) is 11.3. The van der Waals surface area contributed by atoms with Crippen molar-refractivity contribution in [2.45, 2.75) is 0 Å². The molecular weight excluding hydrogens is 290 g/mol. The summed E-state index contributed by atoms with van der Waals surface area (Å²) in [5.74, 6) is 0.421. The number of hydrogen-bond acceptors (Lipinski definition) is 4. The van der Waals surface area contributed by atoms with E-state index in [2.05, 4.69) is 15.0 Å². The molecule has 2 aromatic heterocycles. The zero-order chi connectivity index (χ0) is 15.8. The van der Waals surface area contributed by atoms with E-state index < -0.39 is 6.61 Å². The Kier molecular flexibility index (Phi) is 3.13. The van der Waals surface area contributed by atoms with Crippen molar-refractivity contribution in [2.24, 2.45) is 0 Å². The number of benzene rings is 2. The maximum absolute atomic E-state index is 11.6. The van der Waals surface area contributed by atoms with Crippen LogP contribution in [0.1, 0.15) is 10.4 Å². The van der Waals surface area contributed by atoms with Gasteiger partial charge >= 0.3 is 0 Å². The summed E-state index contributed by atoms with van der Waals surface area (Å²) in [4.78, 5) is 23.8. The summed E-state index contributed by atoms with van der Waals surface area (Å²) in [5, 5.41) is 9.99. The van der Waals surface area contributed by atoms with Crippen LogP contribution in [0.15, 0.2) is 54.7 Å². The van der Waals surface area contributed by atoms with E-state index in [1.54, 1.807) is 24.4 Å². The number of imidazole rings is 1. The number of nitrogens with one attached hydrogen (secondary N) is 1. The molecule has 0 saturated heterocycles. The Morgan fingerprint density at radius 3 is 2.83 bits per heavy atom. The quantitative estimate of drug-likeness (QED) is 0.570. The van der Waals surface area contributed by atoms with Crippen LogP contribution >= 0.6 is 0 Å². The summed E-state index contributed by atoms with van der Waals surface area (Å²) < 4.78 is 0. The van der Waals surface area contributed by atoms with Gasteiger partial charge in [0.15, 0.2) is 5.78 Å². The summed E-state index contributed by atoms with van der Waals surface area (Å²) in [5.41, 5.74) is 3.87. The summed E-state index contributed by atoms with van der Waals surface area (Å²) in [6, 6.07) is 15.0. The highest BCUT2D eigenvalue weighted by Crippen LogP contribution is 2.27. The van der Waals surface area contributed by atoms with Crippen LogP contribution in [0.2, 0.25) is 0 Å². The molecular formula is C18H13N3O2. The molecule has 2 heterocycles. The zero-order valence-corrected chi connectivity index (χ0v) is 12.2. The van der Waals surface area contributed by atoms with E-state index in [0.717, 1.165) is 33.3 Å². The lowest BCUT2D eigenvalue weighted by molar-refractivity contribution is 0.0904. The van der Waals surface area contributed by atoms with Crippen LogP contribution in [0.4, 0.5) is 0 Å². The van der Waals surface area contributed by atoms with E-state index in [9.17, 15) is 4.79 Å². The van der Waals surface area contributed by atoms with Gasteiger partial charge in [0.1, 0.15) is 12.4 Å². The molecule has 0 unspecified atom stereocenters. The number of rotatable bonds is 3. The van der Waals surface area contributed by atoms with E-state index in [4.69, 9.17) is 5.11 Å². The molecule has 0 atom stereocenters. The lowest BCUT2D eigenvalue weighted by Gasteiger charge is -2.02. The number of hydrogen-bond donors (Lipinski definition) is 2. The molecule has 0 bridgehead atoms. The third kappa shape index (κ3) is 2.27. The fourth-order valence-electron chi connectivity index (χ4n) is 2.70. The van der Waals surface area contributed by atoms with Crippen LogP contribution in [-0.4, -0.2) is 32.4 Å². The number of ketones is 1. The average molecular weight is 303 g/mol. The lowest BCUT2D eigenvalue weighted by atomic mass is 10.1. The Balaban J connectivity index is 1.90. The molecule has 4 rings (SSSR count). The third-order valence-electron chi connectivity index (χ3n) is 3.85. The topological polar surface area (TPSA) is 78.9 Å². The molecule has 5 nitrogen and oxygen atoms in total. The number of carbonyl (C=O) groups excluding carboxylic acids is 1. The van der Waals surface area contributed by atoms with Gasteiger partial charge in [0.2, 0.25) is 0 Å². The van der Waals surface area contributed by atoms with E-state index in [1.807, 2.05) is 30.3 Å². The number of carbonyl (C=O) groups is 1. The number of aliphatic hydroxyl groups excluding tert-OH is 1. The number of aliphatic hydroxyl groups is 1. The summed E-state index contributed by atoms with van der Waals surface area (Å²) >= 11 is 0. The maximum atomic E-state index is 11.6. The molecule has 0 aliphatic heterocycles. The van der Waals surface area contributed by atoms with Gasteiger partial charge in [-0.15, -0.1) is 0 Å². The molecule has 4 aromatic rings. The van der Waals surface area contributed by atoms with Crippen molar-refractivity contribution >= 4 is 27.7 Å². The number of pyridine rings is 1. The molecule has 23 heavy (non-hydrogen) atoms. The van der Waals surface area contributed by atoms with Crippen molar-refractivity contribution in [3.63, 3.8) is 0 Å². The van der Waals surface area contributed by atoms with E-state index in [1.165, 1.54) is 0 Å². The highest BCUT2D eigenvalue weighted by molar-refractivity contribution is 6.00. The van der Waals surface area contributed by atoms with Crippen molar-refractivity contribution in [3.05, 3.63) is 60.3 Å². The normalized spacial score (nSPS) is 11.2. The summed E-state index contributed by atoms with van der Waals surface area (Å²) in [7, 11) is 0. The van der Waals surface area contributed by atoms with E-state index in [-0.39, 0.29) is 5.78 Å². The van der Waals surface area contributed by atoms with Crippen LogP contribution < -0.4 is 0 Å². The highest BCUT2D eigenvalue weighted by atomic mass is 16.3. The minimum Gasteiger partial charge on any atom is -0.388 e. The molecule has 112 valence electrons. The molecule has 0 spiro atoms. The Morgan fingerprint density at radius 2 is 1.96 bits per heavy atom. The summed E-state index contributed by atoms with van der Waals surface area (Å²) in [6.07, 6.45) is 1.76. The van der Waals surface area contributed by atoms with Crippen molar-refractivity contribution < 1.29 is 9.90 Å². The van der Waals surface area contributed by atoms with E-state index in [0.29, 0.717) is 5.56 Å². The fourth-order valence-corrected chi connectivity index (χ4v) is 2.70. The number of aromatic amines is 1. The zero-order valence-electron chi connectivity index (χ0n) is 12.2. The van der Waals surface area contributed by atoms with Gasteiger partial charge in [-0.25, -0.2) is 4.98 Å². The van der Waals surface area contributed by atoms with Crippen molar-refractivity contribution in [2.75, 3.05) is 6.61 Å². The molecule has 0 amide bonds. The van der Waals surface area contributed by atoms with Gasteiger partial charge in [0, 0.05) is 22.7 Å². The van der Waals surface area contributed by atoms with Gasteiger partial charge in [0.05, 0.1) is 16.6 Å². The smallest absolute Gasteiger partial charge is 0.188 e. The van der Waals surface area contributed by atoms with Crippen molar-refractivity contribution in [1.29, 1.82) is 0 Å². The Hall–Kier alpha value is -3.05. The average Bonchev–Trinajstić information content (AvgIpc) is 3.03. The Labute approximate surface area is 131 Å². The van der Waals surface area contributed by atoms with Crippen LogP contribution in [0.25, 0.3) is 33.3 Å². The van der Waals surface area contributed by atoms with Gasteiger partial charge in [-0.2, -0.15) is 0 Å². The predicted molar refractivity (Wildman–Crippen MR) is 88.2 cm³/mol.